The number of benzene rings is 1. The lowest BCUT2D eigenvalue weighted by molar-refractivity contribution is -0.997. The second kappa shape index (κ2) is 11.3. The first-order valence-electron chi connectivity index (χ1n) is 11.5. The molecule has 2 N–H and O–H groups in total. The van der Waals surface area contributed by atoms with Crippen molar-refractivity contribution in [1.29, 1.82) is 0 Å². The number of amides is 1. The molecule has 0 radical (unpaired) electrons. The number of nitrogens with one attached hydrogen (secondary N) is 2. The number of quaternary nitrogens is 1. The summed E-state index contributed by atoms with van der Waals surface area (Å²) >= 11 is 7.13. The molecule has 0 spiro atoms. The van der Waals surface area contributed by atoms with Crippen LogP contribution in [0.15, 0.2) is 59.7 Å². The minimum atomic E-state index is -0.227. The average molecular weight is 543 g/mol. The maximum Gasteiger partial charge on any atom is 0.261 e. The van der Waals surface area contributed by atoms with Crippen LogP contribution < -0.4 is 15.6 Å². The van der Waals surface area contributed by atoms with Gasteiger partial charge in [0.05, 0.1) is 36.1 Å². The van der Waals surface area contributed by atoms with Gasteiger partial charge in [-0.15, -0.1) is 16.4 Å². The Labute approximate surface area is 223 Å². The molecule has 0 aliphatic heterocycles. The Balaban J connectivity index is 1.57. The summed E-state index contributed by atoms with van der Waals surface area (Å²) in [7, 11) is 8.20. The quantitative estimate of drug-likeness (QED) is 0.235. The first kappa shape index (κ1) is 26.6. The molecule has 37 heavy (non-hydrogen) atoms. The van der Waals surface area contributed by atoms with Gasteiger partial charge >= 0.3 is 0 Å². The zero-order valence-electron chi connectivity index (χ0n) is 21.1. The largest absolute Gasteiger partial charge is 0.485 e. The number of ether oxygens (including phenoxy) is 1. The maximum atomic E-state index is 12.4. The molecule has 0 atom stereocenters. The molecule has 3 heterocycles. The monoisotopic (exact) mass is 542 g/mol. The number of H-pyrrole nitrogens is 1. The Morgan fingerprint density at radius 2 is 2.05 bits per heavy atom. The van der Waals surface area contributed by atoms with Crippen molar-refractivity contribution in [3.8, 4) is 22.6 Å². The van der Waals surface area contributed by atoms with Gasteiger partial charge in [0.15, 0.2) is 0 Å². The highest BCUT2D eigenvalue weighted by Crippen LogP contribution is 2.29. The lowest BCUT2D eigenvalue weighted by atomic mass is 10.1. The summed E-state index contributed by atoms with van der Waals surface area (Å²) in [5.41, 5.74) is 2.33. The number of thiophene rings is 1. The number of nitrogens with zero attached hydrogens (tertiary/aromatic N) is 5. The van der Waals surface area contributed by atoms with E-state index in [-0.39, 0.29) is 18.0 Å². The molecule has 0 bridgehead atoms. The minimum absolute atomic E-state index is 0.183. The fraction of sp³-hybridized carbons (Fsp3) is 0.280. The van der Waals surface area contributed by atoms with Gasteiger partial charge in [0.1, 0.15) is 30.3 Å². The fourth-order valence-electron chi connectivity index (χ4n) is 3.41. The van der Waals surface area contributed by atoms with Gasteiger partial charge in [-0.1, -0.05) is 22.9 Å². The predicted octanol–water partition coefficient (Wildman–Crippen LogP) is 3.20. The van der Waals surface area contributed by atoms with Crippen LogP contribution in [-0.4, -0.2) is 76.8 Å². The number of halogens is 1. The number of carbonyl (C=O) groups excluding carboxylic acids is 1. The molecule has 0 saturated heterocycles. The SMILES string of the molecule is CN(C)[N+](C)(C)CCOc1cc(-c2ccc[nH]c2=O)ccc1-n1cc(CNC(=O)c2ccc(Cl)s2)nn1. The van der Waals surface area contributed by atoms with Crippen LogP contribution in [-0.2, 0) is 6.54 Å². The lowest BCUT2D eigenvalue weighted by Gasteiger charge is -2.34. The van der Waals surface area contributed by atoms with Crippen molar-refractivity contribution in [3.05, 3.63) is 80.1 Å². The van der Waals surface area contributed by atoms with Crippen molar-refractivity contribution in [2.24, 2.45) is 0 Å². The van der Waals surface area contributed by atoms with Gasteiger partial charge in [-0.25, -0.2) is 9.27 Å². The number of likely N-dealkylation sites (N-methyl/N-ethyl adjacent to an activating group) is 1. The summed E-state index contributed by atoms with van der Waals surface area (Å²) < 4.78 is 9.01. The van der Waals surface area contributed by atoms with Crippen LogP contribution in [0.25, 0.3) is 16.8 Å². The highest BCUT2D eigenvalue weighted by molar-refractivity contribution is 7.17. The standard InChI is InChI=1S/C25H28ClN7O3S/c1-31(2)33(3,4)12-13-36-21-14-17(19-6-5-11-27-24(19)34)7-8-20(21)32-16-18(29-30-32)15-28-25(35)22-9-10-23(26)37-22/h5-11,14,16H,12-13,15H2,1-4H3,(H-,27,28,34,35)/p+1. The van der Waals surface area contributed by atoms with Crippen LogP contribution in [0.4, 0.5) is 0 Å². The molecular formula is C25H29ClN7O3S+. The van der Waals surface area contributed by atoms with Crippen molar-refractivity contribution in [2.45, 2.75) is 6.54 Å². The molecule has 0 unspecified atom stereocenters. The summed E-state index contributed by atoms with van der Waals surface area (Å²) in [6, 6.07) is 12.4. The summed E-state index contributed by atoms with van der Waals surface area (Å²) in [5.74, 6) is 0.336. The van der Waals surface area contributed by atoms with Crippen molar-refractivity contribution in [3.63, 3.8) is 0 Å². The number of hydrogen-bond acceptors (Lipinski definition) is 7. The minimum Gasteiger partial charge on any atom is -0.485 e. The van der Waals surface area contributed by atoms with E-state index in [1.807, 2.05) is 32.3 Å². The van der Waals surface area contributed by atoms with E-state index in [0.29, 0.717) is 43.1 Å². The van der Waals surface area contributed by atoms with Crippen LogP contribution in [0, 0.1) is 0 Å². The second-order valence-electron chi connectivity index (χ2n) is 9.08. The Hall–Kier alpha value is -3.51. The zero-order chi connectivity index (χ0) is 26.6. The van der Waals surface area contributed by atoms with E-state index in [4.69, 9.17) is 16.3 Å². The smallest absolute Gasteiger partial charge is 0.261 e. The summed E-state index contributed by atoms with van der Waals surface area (Å²) in [5, 5.41) is 13.4. The van der Waals surface area contributed by atoms with Crippen molar-refractivity contribution in [1.82, 2.24) is 30.3 Å². The number of aromatic nitrogens is 4. The molecule has 4 aromatic rings. The summed E-state index contributed by atoms with van der Waals surface area (Å²) in [4.78, 5) is 27.9. The van der Waals surface area contributed by atoms with Crippen LogP contribution in [0.5, 0.6) is 5.75 Å². The Bertz CT molecular complexity index is 1440. The third kappa shape index (κ3) is 6.44. The molecule has 0 aliphatic carbocycles. The van der Waals surface area contributed by atoms with Gasteiger partial charge in [0, 0.05) is 25.9 Å². The van der Waals surface area contributed by atoms with Gasteiger partial charge in [0.25, 0.3) is 11.5 Å². The molecule has 1 amide bonds. The van der Waals surface area contributed by atoms with Gasteiger partial charge < -0.3 is 15.0 Å². The van der Waals surface area contributed by atoms with Crippen molar-refractivity contribution < 1.29 is 14.1 Å². The highest BCUT2D eigenvalue weighted by Gasteiger charge is 2.20. The van der Waals surface area contributed by atoms with E-state index in [2.05, 4.69) is 39.7 Å². The number of carbonyl (C=O) groups is 1. The molecule has 4 rings (SSSR count). The van der Waals surface area contributed by atoms with E-state index in [1.165, 1.54) is 11.3 Å². The predicted molar refractivity (Wildman–Crippen MR) is 144 cm³/mol. The third-order valence-electron chi connectivity index (χ3n) is 6.08. The molecule has 194 valence electrons. The molecule has 1 aromatic carbocycles. The zero-order valence-corrected chi connectivity index (χ0v) is 22.6. The van der Waals surface area contributed by atoms with E-state index < -0.39 is 0 Å². The van der Waals surface area contributed by atoms with Crippen molar-refractivity contribution >= 4 is 28.8 Å². The van der Waals surface area contributed by atoms with Crippen LogP contribution >= 0.6 is 22.9 Å². The van der Waals surface area contributed by atoms with Gasteiger partial charge in [0.2, 0.25) is 0 Å². The first-order valence-corrected chi connectivity index (χ1v) is 12.7. The van der Waals surface area contributed by atoms with Crippen LogP contribution in [0.3, 0.4) is 0 Å². The molecular weight excluding hydrogens is 514 g/mol. The van der Waals surface area contributed by atoms with Gasteiger partial charge in [-0.3, -0.25) is 9.59 Å². The van der Waals surface area contributed by atoms with Gasteiger partial charge in [-0.2, -0.15) is 5.01 Å². The van der Waals surface area contributed by atoms with Crippen LogP contribution in [0.1, 0.15) is 15.4 Å². The summed E-state index contributed by atoms with van der Waals surface area (Å²) in [6.45, 7) is 1.37. The first-order chi connectivity index (χ1) is 17.6. The number of aromatic amines is 1. The van der Waals surface area contributed by atoms with E-state index in [1.54, 1.807) is 41.3 Å². The molecule has 10 nitrogen and oxygen atoms in total. The molecule has 0 saturated carbocycles. The molecule has 3 aromatic heterocycles. The third-order valence-corrected chi connectivity index (χ3v) is 7.31. The highest BCUT2D eigenvalue weighted by atomic mass is 35.5. The number of rotatable bonds is 10. The molecule has 0 fully saturated rings. The van der Waals surface area contributed by atoms with E-state index in [9.17, 15) is 9.59 Å². The number of pyridine rings is 1. The Kier molecular flexibility index (Phi) is 8.08. The lowest BCUT2D eigenvalue weighted by Crippen LogP contribution is -2.52. The second-order valence-corrected chi connectivity index (χ2v) is 10.8. The topological polar surface area (TPSA) is 105 Å². The van der Waals surface area contributed by atoms with E-state index in [0.717, 1.165) is 12.1 Å². The number of hydrogen-bond donors (Lipinski definition) is 2. The Morgan fingerprint density at radius 1 is 1.24 bits per heavy atom. The van der Waals surface area contributed by atoms with Crippen LogP contribution in [0.2, 0.25) is 4.34 Å². The summed E-state index contributed by atoms with van der Waals surface area (Å²) in [6.07, 6.45) is 3.33. The van der Waals surface area contributed by atoms with Crippen molar-refractivity contribution in [2.75, 3.05) is 41.3 Å². The van der Waals surface area contributed by atoms with Gasteiger partial charge in [-0.05, 0) is 42.0 Å². The molecule has 12 heteroatoms. The Morgan fingerprint density at radius 3 is 2.76 bits per heavy atom. The maximum absolute atomic E-state index is 12.4. The van der Waals surface area contributed by atoms with E-state index >= 15 is 0 Å². The molecule has 0 aliphatic rings. The fourth-order valence-corrected chi connectivity index (χ4v) is 4.37. The average Bonchev–Trinajstić information content (AvgIpc) is 3.52. The normalized spacial score (nSPS) is 11.6.